The first-order chi connectivity index (χ1) is 12.9. The van der Waals surface area contributed by atoms with E-state index in [1.807, 2.05) is 0 Å². The Labute approximate surface area is 185 Å². The molecule has 3 N–H and O–H groups in total. The molecule has 28 heavy (non-hydrogen) atoms. The molecule has 158 valence electrons. The number of hydrogen-bond acceptors (Lipinski definition) is 4. The summed E-state index contributed by atoms with van der Waals surface area (Å²) in [7, 11) is -3.52. The van der Waals surface area contributed by atoms with E-state index in [1.165, 1.54) is 6.42 Å². The minimum absolute atomic E-state index is 0. The molecule has 0 bridgehead atoms. The minimum Gasteiger partial charge on any atom is -0.377 e. The zero-order valence-corrected chi connectivity index (χ0v) is 19.5. The fraction of sp³-hybridized carbons (Fsp3) is 0.632. The van der Waals surface area contributed by atoms with Crippen molar-refractivity contribution in [2.75, 3.05) is 26.2 Å². The van der Waals surface area contributed by atoms with Crippen molar-refractivity contribution in [2.24, 2.45) is 16.6 Å². The van der Waals surface area contributed by atoms with Crippen LogP contribution in [-0.4, -0.2) is 51.6 Å². The summed E-state index contributed by atoms with van der Waals surface area (Å²) in [6.07, 6.45) is 4.25. The minimum atomic E-state index is -3.52. The number of sulfonamides is 1. The van der Waals surface area contributed by atoms with Gasteiger partial charge >= 0.3 is 0 Å². The van der Waals surface area contributed by atoms with Gasteiger partial charge in [-0.3, -0.25) is 0 Å². The number of nitrogens with two attached hydrogens (primary N) is 1. The second-order valence-corrected chi connectivity index (χ2v) is 9.27. The van der Waals surface area contributed by atoms with Gasteiger partial charge in [-0.1, -0.05) is 19.1 Å². The van der Waals surface area contributed by atoms with Crippen molar-refractivity contribution in [2.45, 2.75) is 50.2 Å². The summed E-state index contributed by atoms with van der Waals surface area (Å²) in [6, 6.07) is 6.80. The van der Waals surface area contributed by atoms with E-state index in [0.29, 0.717) is 31.6 Å². The van der Waals surface area contributed by atoms with Crippen LogP contribution in [0.5, 0.6) is 0 Å². The van der Waals surface area contributed by atoms with Gasteiger partial charge in [0.1, 0.15) is 0 Å². The Hall–Kier alpha value is -0.910. The van der Waals surface area contributed by atoms with Crippen LogP contribution in [0.4, 0.5) is 0 Å². The van der Waals surface area contributed by atoms with Crippen molar-refractivity contribution in [1.82, 2.24) is 9.62 Å². The maximum Gasteiger partial charge on any atom is 0.240 e. The van der Waals surface area contributed by atoms with Gasteiger partial charge in [-0.2, -0.15) is 0 Å². The summed E-state index contributed by atoms with van der Waals surface area (Å²) >= 11 is 0. The van der Waals surface area contributed by atoms with Crippen LogP contribution in [0.2, 0.25) is 0 Å². The number of benzene rings is 1. The van der Waals surface area contributed by atoms with Gasteiger partial charge in [0, 0.05) is 26.2 Å². The van der Waals surface area contributed by atoms with Crippen molar-refractivity contribution >= 4 is 40.0 Å². The standard InChI is InChI=1S/C19H30N4O3S.HI/c1-15-4-2-10-23(14-15)19(20)21-12-16-6-8-18(9-7-16)27(24,25)22-13-17-5-3-11-26-17;/h6-9,15,17,22H,2-5,10-14H2,1H3,(H2,20,21);1H. The Kier molecular flexibility index (Phi) is 8.97. The van der Waals surface area contributed by atoms with Crippen LogP contribution in [0.1, 0.15) is 38.2 Å². The Morgan fingerprint density at radius 1 is 1.29 bits per heavy atom. The normalized spacial score (nSPS) is 23.5. The lowest BCUT2D eigenvalue weighted by molar-refractivity contribution is 0.114. The number of likely N-dealkylation sites (tertiary alicyclic amines) is 1. The summed E-state index contributed by atoms with van der Waals surface area (Å²) in [6.45, 7) is 5.60. The lowest BCUT2D eigenvalue weighted by Crippen LogP contribution is -2.43. The van der Waals surface area contributed by atoms with E-state index in [9.17, 15) is 8.42 Å². The number of nitrogens with zero attached hydrogens (tertiary/aromatic N) is 2. The summed E-state index contributed by atoms with van der Waals surface area (Å²) in [5.74, 6) is 1.20. The van der Waals surface area contributed by atoms with Crippen molar-refractivity contribution in [3.05, 3.63) is 29.8 Å². The van der Waals surface area contributed by atoms with E-state index in [-0.39, 0.29) is 35.0 Å². The summed E-state index contributed by atoms with van der Waals surface area (Å²) in [4.78, 5) is 6.85. The molecule has 0 amide bonds. The second-order valence-electron chi connectivity index (χ2n) is 7.50. The number of nitrogens with one attached hydrogen (secondary N) is 1. The van der Waals surface area contributed by atoms with Crippen LogP contribution in [0.25, 0.3) is 0 Å². The quantitative estimate of drug-likeness (QED) is 0.340. The van der Waals surface area contributed by atoms with E-state index in [1.54, 1.807) is 24.3 Å². The van der Waals surface area contributed by atoms with Gasteiger partial charge in [-0.15, -0.1) is 24.0 Å². The molecule has 0 aliphatic carbocycles. The van der Waals surface area contributed by atoms with E-state index < -0.39 is 10.0 Å². The monoisotopic (exact) mass is 522 g/mol. The van der Waals surface area contributed by atoms with Gasteiger partial charge in [0.2, 0.25) is 10.0 Å². The smallest absolute Gasteiger partial charge is 0.240 e. The topological polar surface area (TPSA) is 97.0 Å². The van der Waals surface area contributed by atoms with Gasteiger partial charge in [0.15, 0.2) is 5.96 Å². The first kappa shape index (κ1) is 23.4. The van der Waals surface area contributed by atoms with Crippen LogP contribution in [0.3, 0.4) is 0 Å². The number of rotatable bonds is 6. The third-order valence-electron chi connectivity index (χ3n) is 5.16. The third-order valence-corrected chi connectivity index (χ3v) is 6.60. The van der Waals surface area contributed by atoms with Crippen LogP contribution < -0.4 is 10.5 Å². The van der Waals surface area contributed by atoms with Crippen molar-refractivity contribution in [1.29, 1.82) is 0 Å². The maximum absolute atomic E-state index is 12.4. The molecule has 2 atom stereocenters. The molecule has 0 aromatic heterocycles. The molecule has 2 fully saturated rings. The number of halogens is 1. The lowest BCUT2D eigenvalue weighted by Gasteiger charge is -2.31. The summed E-state index contributed by atoms with van der Waals surface area (Å²) in [5.41, 5.74) is 7.05. The second kappa shape index (κ2) is 10.7. The average molecular weight is 522 g/mol. The zero-order chi connectivity index (χ0) is 19.3. The van der Waals surface area contributed by atoms with Crippen molar-refractivity contribution in [3.8, 4) is 0 Å². The van der Waals surface area contributed by atoms with Crippen LogP contribution in [-0.2, 0) is 21.3 Å². The molecule has 2 heterocycles. The van der Waals surface area contributed by atoms with Crippen molar-refractivity contribution < 1.29 is 13.2 Å². The number of ether oxygens (including phenoxy) is 1. The predicted molar refractivity (Wildman–Crippen MR) is 121 cm³/mol. The first-order valence-corrected chi connectivity index (χ1v) is 11.2. The Bertz CT molecular complexity index is 749. The molecule has 0 spiro atoms. The molecule has 1 aromatic carbocycles. The van der Waals surface area contributed by atoms with Crippen LogP contribution in [0, 0.1) is 5.92 Å². The highest BCUT2D eigenvalue weighted by Crippen LogP contribution is 2.16. The number of aliphatic imine (C=N–C) groups is 1. The molecule has 9 heteroatoms. The SMILES string of the molecule is CC1CCCN(C(N)=NCc2ccc(S(=O)(=O)NCC3CCCO3)cc2)C1.I. The third kappa shape index (κ3) is 6.57. The lowest BCUT2D eigenvalue weighted by atomic mass is 10.0. The Morgan fingerprint density at radius 2 is 2.04 bits per heavy atom. The summed E-state index contributed by atoms with van der Waals surface area (Å²) in [5, 5.41) is 0. The van der Waals surface area contributed by atoms with Crippen LogP contribution in [0.15, 0.2) is 34.2 Å². The van der Waals surface area contributed by atoms with E-state index in [4.69, 9.17) is 10.5 Å². The fourth-order valence-corrected chi connectivity index (χ4v) is 4.60. The molecule has 2 unspecified atom stereocenters. The highest BCUT2D eigenvalue weighted by molar-refractivity contribution is 14.0. The number of guanidine groups is 1. The molecular formula is C19H31IN4O3S. The average Bonchev–Trinajstić information content (AvgIpc) is 3.19. The van der Waals surface area contributed by atoms with E-state index in [0.717, 1.165) is 37.9 Å². The molecule has 2 aliphatic heterocycles. The molecule has 3 rings (SSSR count). The van der Waals surface area contributed by atoms with Gasteiger partial charge in [-0.05, 0) is 49.3 Å². The molecule has 0 saturated carbocycles. The van der Waals surface area contributed by atoms with Gasteiger partial charge < -0.3 is 15.4 Å². The van der Waals surface area contributed by atoms with Gasteiger partial charge in [0.25, 0.3) is 0 Å². The molecule has 7 nitrogen and oxygen atoms in total. The molecule has 2 aliphatic rings. The van der Waals surface area contributed by atoms with Crippen molar-refractivity contribution in [3.63, 3.8) is 0 Å². The largest absolute Gasteiger partial charge is 0.377 e. The fourth-order valence-electron chi connectivity index (χ4n) is 3.54. The zero-order valence-electron chi connectivity index (χ0n) is 16.3. The molecule has 2 saturated heterocycles. The Balaban J connectivity index is 0.00000280. The van der Waals surface area contributed by atoms with E-state index >= 15 is 0 Å². The maximum atomic E-state index is 12.4. The summed E-state index contributed by atoms with van der Waals surface area (Å²) < 4.78 is 32.8. The van der Waals surface area contributed by atoms with Crippen LogP contribution >= 0.6 is 24.0 Å². The highest BCUT2D eigenvalue weighted by atomic mass is 127. The number of hydrogen-bond donors (Lipinski definition) is 2. The van der Waals surface area contributed by atoms with Gasteiger partial charge in [0.05, 0.1) is 17.5 Å². The Morgan fingerprint density at radius 3 is 2.68 bits per heavy atom. The molecule has 0 radical (unpaired) electrons. The number of piperidine rings is 1. The predicted octanol–water partition coefficient (Wildman–Crippen LogP) is 2.31. The molecular weight excluding hydrogens is 491 g/mol. The molecule has 1 aromatic rings. The van der Waals surface area contributed by atoms with E-state index in [2.05, 4.69) is 21.5 Å². The first-order valence-electron chi connectivity index (χ1n) is 9.69. The van der Waals surface area contributed by atoms with Gasteiger partial charge in [-0.25, -0.2) is 18.1 Å². The highest BCUT2D eigenvalue weighted by Gasteiger charge is 2.20.